The maximum absolute atomic E-state index is 12.4. The number of hydrogen-bond donors (Lipinski definition) is 1. The first-order valence-corrected chi connectivity index (χ1v) is 6.87. The van der Waals surface area contributed by atoms with Crippen LogP contribution in [-0.4, -0.2) is 36.5 Å². The number of carbonyl (C=O) groups is 2. The molecule has 20 heavy (non-hydrogen) atoms. The highest BCUT2D eigenvalue weighted by Crippen LogP contribution is 2.20. The summed E-state index contributed by atoms with van der Waals surface area (Å²) in [7, 11) is 0. The van der Waals surface area contributed by atoms with Gasteiger partial charge in [-0.1, -0.05) is 18.5 Å². The Labute approximate surface area is 123 Å². The van der Waals surface area contributed by atoms with E-state index in [2.05, 4.69) is 0 Å². The minimum atomic E-state index is -0.436. The highest BCUT2D eigenvalue weighted by molar-refractivity contribution is 6.34. The molecule has 1 aromatic rings. The standard InChI is InChI=1S/C14H19ClN2O3/c1-3-7-17(9-13(18)20-4-2)14(19)11-8-10(16)5-6-12(11)15/h5-6,8H,3-4,7,9,16H2,1-2H3. The Morgan fingerprint density at radius 1 is 1.35 bits per heavy atom. The summed E-state index contributed by atoms with van der Waals surface area (Å²) in [4.78, 5) is 25.4. The molecule has 6 heteroatoms. The van der Waals surface area contributed by atoms with Crippen LogP contribution in [0.3, 0.4) is 0 Å². The largest absolute Gasteiger partial charge is 0.465 e. The zero-order valence-electron chi connectivity index (χ0n) is 11.7. The molecule has 0 atom stereocenters. The lowest BCUT2D eigenvalue weighted by Gasteiger charge is -2.21. The van der Waals surface area contributed by atoms with Crippen molar-refractivity contribution in [2.24, 2.45) is 0 Å². The van der Waals surface area contributed by atoms with Crippen molar-refractivity contribution in [2.75, 3.05) is 25.4 Å². The summed E-state index contributed by atoms with van der Waals surface area (Å²) in [6.07, 6.45) is 0.727. The number of halogens is 1. The summed E-state index contributed by atoms with van der Waals surface area (Å²) in [5.74, 6) is -0.758. The van der Waals surface area contributed by atoms with Crippen molar-refractivity contribution in [3.63, 3.8) is 0 Å². The molecule has 0 unspecified atom stereocenters. The molecule has 0 aromatic heterocycles. The summed E-state index contributed by atoms with van der Waals surface area (Å²) >= 11 is 6.01. The van der Waals surface area contributed by atoms with E-state index in [0.29, 0.717) is 22.8 Å². The minimum absolute atomic E-state index is 0.0916. The molecule has 0 heterocycles. The molecule has 1 amide bonds. The van der Waals surface area contributed by atoms with Gasteiger partial charge in [0.2, 0.25) is 0 Å². The number of benzene rings is 1. The number of nitrogens with zero attached hydrogens (tertiary/aromatic N) is 1. The van der Waals surface area contributed by atoms with Crippen molar-refractivity contribution >= 4 is 29.2 Å². The highest BCUT2D eigenvalue weighted by Gasteiger charge is 2.21. The second kappa shape index (κ2) is 7.75. The van der Waals surface area contributed by atoms with E-state index in [4.69, 9.17) is 22.1 Å². The van der Waals surface area contributed by atoms with Crippen molar-refractivity contribution in [1.29, 1.82) is 0 Å². The van der Waals surface area contributed by atoms with E-state index in [1.54, 1.807) is 19.1 Å². The topological polar surface area (TPSA) is 72.6 Å². The van der Waals surface area contributed by atoms with Crippen molar-refractivity contribution in [3.8, 4) is 0 Å². The molecule has 5 nitrogen and oxygen atoms in total. The van der Waals surface area contributed by atoms with Gasteiger partial charge in [0.25, 0.3) is 5.91 Å². The van der Waals surface area contributed by atoms with E-state index in [0.717, 1.165) is 6.42 Å². The Morgan fingerprint density at radius 2 is 2.05 bits per heavy atom. The first-order valence-electron chi connectivity index (χ1n) is 6.49. The fourth-order valence-corrected chi connectivity index (χ4v) is 1.96. The summed E-state index contributed by atoms with van der Waals surface area (Å²) in [6.45, 7) is 4.28. The van der Waals surface area contributed by atoms with Gasteiger partial charge in [0.15, 0.2) is 0 Å². The maximum Gasteiger partial charge on any atom is 0.325 e. The van der Waals surface area contributed by atoms with Crippen LogP contribution < -0.4 is 5.73 Å². The van der Waals surface area contributed by atoms with Crippen LogP contribution >= 0.6 is 11.6 Å². The van der Waals surface area contributed by atoms with Crippen LogP contribution in [0.5, 0.6) is 0 Å². The number of ether oxygens (including phenoxy) is 1. The third-order valence-electron chi connectivity index (χ3n) is 2.63. The minimum Gasteiger partial charge on any atom is -0.465 e. The van der Waals surface area contributed by atoms with Crippen molar-refractivity contribution in [1.82, 2.24) is 4.90 Å². The van der Waals surface area contributed by atoms with Gasteiger partial charge in [-0.05, 0) is 31.5 Å². The Balaban J connectivity index is 2.93. The molecule has 0 saturated carbocycles. The van der Waals surface area contributed by atoms with E-state index in [1.165, 1.54) is 11.0 Å². The number of nitrogen functional groups attached to an aromatic ring is 1. The van der Waals surface area contributed by atoms with Gasteiger partial charge in [0.05, 0.1) is 17.2 Å². The first kappa shape index (κ1) is 16.3. The Bertz CT molecular complexity index is 491. The third-order valence-corrected chi connectivity index (χ3v) is 2.96. The van der Waals surface area contributed by atoms with Crippen LogP contribution in [0.25, 0.3) is 0 Å². The predicted molar refractivity (Wildman–Crippen MR) is 78.7 cm³/mol. The summed E-state index contributed by atoms with van der Waals surface area (Å²) in [5.41, 5.74) is 6.41. The molecule has 0 aliphatic carbocycles. The lowest BCUT2D eigenvalue weighted by atomic mass is 10.1. The third kappa shape index (κ3) is 4.42. The average Bonchev–Trinajstić information content (AvgIpc) is 2.40. The molecule has 0 aliphatic rings. The zero-order chi connectivity index (χ0) is 15.1. The van der Waals surface area contributed by atoms with Gasteiger partial charge in [0, 0.05) is 12.2 Å². The van der Waals surface area contributed by atoms with Gasteiger partial charge < -0.3 is 15.4 Å². The Morgan fingerprint density at radius 3 is 2.65 bits per heavy atom. The van der Waals surface area contributed by atoms with Crippen LogP contribution in [0.4, 0.5) is 5.69 Å². The lowest BCUT2D eigenvalue weighted by Crippen LogP contribution is -2.37. The van der Waals surface area contributed by atoms with Gasteiger partial charge in [0.1, 0.15) is 6.54 Å². The smallest absolute Gasteiger partial charge is 0.325 e. The average molecular weight is 299 g/mol. The summed E-state index contributed by atoms with van der Waals surface area (Å²) in [5, 5.41) is 0.314. The van der Waals surface area contributed by atoms with Crippen LogP contribution in [0.15, 0.2) is 18.2 Å². The molecule has 0 aliphatic heterocycles. The van der Waals surface area contributed by atoms with E-state index in [-0.39, 0.29) is 19.1 Å². The maximum atomic E-state index is 12.4. The van der Waals surface area contributed by atoms with Gasteiger partial charge in [-0.3, -0.25) is 9.59 Å². The fourth-order valence-electron chi connectivity index (χ4n) is 1.76. The lowest BCUT2D eigenvalue weighted by molar-refractivity contribution is -0.143. The van der Waals surface area contributed by atoms with Gasteiger partial charge in [-0.15, -0.1) is 0 Å². The van der Waals surface area contributed by atoms with E-state index >= 15 is 0 Å². The SMILES string of the molecule is CCCN(CC(=O)OCC)C(=O)c1cc(N)ccc1Cl. The van der Waals surface area contributed by atoms with Crippen LogP contribution in [0, 0.1) is 0 Å². The number of anilines is 1. The molecule has 0 fully saturated rings. The summed E-state index contributed by atoms with van der Waals surface area (Å²) < 4.78 is 4.87. The zero-order valence-corrected chi connectivity index (χ0v) is 12.4. The Kier molecular flexibility index (Phi) is 6.31. The predicted octanol–water partition coefficient (Wildman–Crippen LogP) is 2.34. The number of hydrogen-bond acceptors (Lipinski definition) is 4. The first-order chi connectivity index (χ1) is 9.49. The number of carbonyl (C=O) groups excluding carboxylic acids is 2. The highest BCUT2D eigenvalue weighted by atomic mass is 35.5. The molecule has 110 valence electrons. The van der Waals surface area contributed by atoms with Gasteiger partial charge in [-0.2, -0.15) is 0 Å². The fraction of sp³-hybridized carbons (Fsp3) is 0.429. The molecule has 0 radical (unpaired) electrons. The Hall–Kier alpha value is -1.75. The van der Waals surface area contributed by atoms with Crippen molar-refractivity contribution in [2.45, 2.75) is 20.3 Å². The monoisotopic (exact) mass is 298 g/mol. The van der Waals surface area contributed by atoms with E-state index < -0.39 is 5.97 Å². The number of nitrogens with two attached hydrogens (primary N) is 1. The van der Waals surface area contributed by atoms with E-state index in [9.17, 15) is 9.59 Å². The molecular formula is C14H19ClN2O3. The van der Waals surface area contributed by atoms with Crippen LogP contribution in [0.1, 0.15) is 30.6 Å². The molecular weight excluding hydrogens is 280 g/mol. The molecule has 0 saturated heterocycles. The molecule has 0 bridgehead atoms. The van der Waals surface area contributed by atoms with Crippen LogP contribution in [0.2, 0.25) is 5.02 Å². The molecule has 1 aromatic carbocycles. The quantitative estimate of drug-likeness (QED) is 0.646. The molecule has 2 N–H and O–H groups in total. The molecule has 0 spiro atoms. The van der Waals surface area contributed by atoms with Crippen molar-refractivity contribution in [3.05, 3.63) is 28.8 Å². The number of rotatable bonds is 6. The van der Waals surface area contributed by atoms with Crippen LogP contribution in [-0.2, 0) is 9.53 Å². The van der Waals surface area contributed by atoms with E-state index in [1.807, 2.05) is 6.92 Å². The second-order valence-electron chi connectivity index (χ2n) is 4.27. The summed E-state index contributed by atoms with van der Waals surface area (Å²) in [6, 6.07) is 4.70. The van der Waals surface area contributed by atoms with Crippen molar-refractivity contribution < 1.29 is 14.3 Å². The number of amides is 1. The second-order valence-corrected chi connectivity index (χ2v) is 4.68. The molecule has 1 rings (SSSR count). The number of esters is 1. The van der Waals surface area contributed by atoms with Gasteiger partial charge >= 0.3 is 5.97 Å². The van der Waals surface area contributed by atoms with Gasteiger partial charge in [-0.25, -0.2) is 0 Å². The normalized spacial score (nSPS) is 10.2.